The van der Waals surface area contributed by atoms with Crippen molar-refractivity contribution in [3.63, 3.8) is 0 Å². The SMILES string of the molecule is Cc1sc2nc(CSC(C)C(=O)NC3CCCN(c4ncccn4)C3)[nH]c(=O)c2c1C. The third kappa shape index (κ3) is 4.90. The van der Waals surface area contributed by atoms with Crippen LogP contribution in [0.4, 0.5) is 5.95 Å². The number of piperidine rings is 1. The zero-order valence-corrected chi connectivity index (χ0v) is 19.5. The van der Waals surface area contributed by atoms with Crippen molar-refractivity contribution in [2.45, 2.75) is 50.7 Å². The van der Waals surface area contributed by atoms with E-state index in [1.807, 2.05) is 20.8 Å². The number of aromatic amines is 1. The molecule has 3 aromatic heterocycles. The topological polar surface area (TPSA) is 104 Å². The van der Waals surface area contributed by atoms with Crippen molar-refractivity contribution >= 4 is 45.2 Å². The van der Waals surface area contributed by atoms with Crippen LogP contribution in [0.25, 0.3) is 10.2 Å². The molecule has 1 fully saturated rings. The summed E-state index contributed by atoms with van der Waals surface area (Å²) in [6, 6.07) is 1.87. The monoisotopic (exact) mass is 458 g/mol. The Bertz CT molecular complexity index is 1130. The molecule has 0 aromatic carbocycles. The van der Waals surface area contributed by atoms with Crippen LogP contribution in [-0.2, 0) is 10.5 Å². The number of nitrogens with zero attached hydrogens (tertiary/aromatic N) is 4. The Labute approximate surface area is 188 Å². The number of aryl methyl sites for hydroxylation is 2. The molecule has 10 heteroatoms. The second kappa shape index (κ2) is 9.35. The lowest BCUT2D eigenvalue weighted by Crippen LogP contribution is -2.49. The maximum atomic E-state index is 12.7. The van der Waals surface area contributed by atoms with Crippen molar-refractivity contribution in [3.05, 3.63) is 45.1 Å². The van der Waals surface area contributed by atoms with E-state index >= 15 is 0 Å². The first-order chi connectivity index (χ1) is 14.9. The minimum atomic E-state index is -0.254. The van der Waals surface area contributed by atoms with E-state index < -0.39 is 0 Å². The molecule has 2 N–H and O–H groups in total. The Morgan fingerprint density at radius 1 is 1.39 bits per heavy atom. The fourth-order valence-corrected chi connectivity index (χ4v) is 5.51. The van der Waals surface area contributed by atoms with Gasteiger partial charge in [0.2, 0.25) is 11.9 Å². The molecule has 2 atom stereocenters. The van der Waals surface area contributed by atoms with Crippen molar-refractivity contribution in [1.82, 2.24) is 25.3 Å². The summed E-state index contributed by atoms with van der Waals surface area (Å²) in [4.78, 5) is 45.2. The van der Waals surface area contributed by atoms with Gasteiger partial charge in [-0.3, -0.25) is 9.59 Å². The van der Waals surface area contributed by atoms with Crippen LogP contribution in [0.2, 0.25) is 0 Å². The molecule has 1 aliphatic heterocycles. The predicted octanol–water partition coefficient (Wildman–Crippen LogP) is 2.80. The van der Waals surface area contributed by atoms with E-state index in [0.29, 0.717) is 29.5 Å². The lowest BCUT2D eigenvalue weighted by Gasteiger charge is -2.33. The number of thioether (sulfide) groups is 1. The number of thiophene rings is 1. The number of hydrogen-bond donors (Lipinski definition) is 2. The van der Waals surface area contributed by atoms with Gasteiger partial charge in [-0.1, -0.05) is 0 Å². The van der Waals surface area contributed by atoms with E-state index in [1.54, 1.807) is 18.5 Å². The number of anilines is 1. The highest BCUT2D eigenvalue weighted by atomic mass is 32.2. The summed E-state index contributed by atoms with van der Waals surface area (Å²) in [5, 5.41) is 3.58. The Hall–Kier alpha value is -2.46. The summed E-state index contributed by atoms with van der Waals surface area (Å²) in [6.45, 7) is 7.43. The molecule has 0 saturated carbocycles. The van der Waals surface area contributed by atoms with E-state index in [2.05, 4.69) is 30.2 Å². The fraction of sp³-hybridized carbons (Fsp3) is 0.476. The van der Waals surface area contributed by atoms with Gasteiger partial charge in [0, 0.05) is 36.4 Å². The van der Waals surface area contributed by atoms with Gasteiger partial charge in [-0.15, -0.1) is 23.1 Å². The largest absolute Gasteiger partial charge is 0.351 e. The van der Waals surface area contributed by atoms with E-state index in [0.717, 1.165) is 34.7 Å². The Morgan fingerprint density at radius 3 is 2.94 bits per heavy atom. The van der Waals surface area contributed by atoms with Crippen molar-refractivity contribution in [2.24, 2.45) is 0 Å². The lowest BCUT2D eigenvalue weighted by atomic mass is 10.1. The molecule has 31 heavy (non-hydrogen) atoms. The van der Waals surface area contributed by atoms with Gasteiger partial charge in [0.05, 0.1) is 16.4 Å². The number of rotatable bonds is 6. The first kappa shape index (κ1) is 21.8. The average Bonchev–Trinajstić information content (AvgIpc) is 3.06. The van der Waals surface area contributed by atoms with Crippen molar-refractivity contribution in [3.8, 4) is 0 Å². The van der Waals surface area contributed by atoms with E-state index in [-0.39, 0.29) is 22.8 Å². The molecule has 0 spiro atoms. The van der Waals surface area contributed by atoms with Crippen LogP contribution in [0.15, 0.2) is 23.3 Å². The van der Waals surface area contributed by atoms with Crippen LogP contribution in [0.5, 0.6) is 0 Å². The Kier molecular flexibility index (Phi) is 6.57. The fourth-order valence-electron chi connectivity index (χ4n) is 3.70. The van der Waals surface area contributed by atoms with Crippen LogP contribution in [-0.4, -0.2) is 50.2 Å². The van der Waals surface area contributed by atoms with Gasteiger partial charge in [0.1, 0.15) is 10.7 Å². The van der Waals surface area contributed by atoms with E-state index in [9.17, 15) is 9.59 Å². The molecule has 2 unspecified atom stereocenters. The summed E-state index contributed by atoms with van der Waals surface area (Å²) in [5.41, 5.74) is 0.883. The van der Waals surface area contributed by atoms with Gasteiger partial charge in [-0.25, -0.2) is 15.0 Å². The quantitative estimate of drug-likeness (QED) is 0.585. The van der Waals surface area contributed by atoms with Gasteiger partial charge in [-0.05, 0) is 45.2 Å². The molecule has 1 aliphatic rings. The highest BCUT2D eigenvalue weighted by molar-refractivity contribution is 7.99. The third-order valence-corrected chi connectivity index (χ3v) is 7.79. The number of fused-ring (bicyclic) bond motifs is 1. The molecule has 4 rings (SSSR count). The number of nitrogens with one attached hydrogen (secondary N) is 2. The molecule has 4 heterocycles. The number of carbonyl (C=O) groups is 1. The molecular weight excluding hydrogens is 432 g/mol. The lowest BCUT2D eigenvalue weighted by molar-refractivity contribution is -0.121. The van der Waals surface area contributed by atoms with Crippen molar-refractivity contribution < 1.29 is 4.79 Å². The normalized spacial score (nSPS) is 17.6. The number of amides is 1. The summed E-state index contributed by atoms with van der Waals surface area (Å²) in [6.07, 6.45) is 5.39. The molecule has 1 saturated heterocycles. The highest BCUT2D eigenvalue weighted by Crippen LogP contribution is 2.26. The molecule has 0 aliphatic carbocycles. The van der Waals surface area contributed by atoms with Crippen molar-refractivity contribution in [1.29, 1.82) is 0 Å². The number of carbonyl (C=O) groups excluding carboxylic acids is 1. The van der Waals surface area contributed by atoms with Gasteiger partial charge in [0.25, 0.3) is 5.56 Å². The number of hydrogen-bond acceptors (Lipinski definition) is 8. The molecule has 0 bridgehead atoms. The smallest absolute Gasteiger partial charge is 0.259 e. The third-order valence-electron chi connectivity index (χ3n) is 5.53. The van der Waals surface area contributed by atoms with Crippen LogP contribution in [0.3, 0.4) is 0 Å². The van der Waals surface area contributed by atoms with Crippen LogP contribution in [0.1, 0.15) is 36.0 Å². The maximum Gasteiger partial charge on any atom is 0.259 e. The number of aromatic nitrogens is 4. The summed E-state index contributed by atoms with van der Waals surface area (Å²) < 4.78 is 0. The van der Waals surface area contributed by atoms with Gasteiger partial charge >= 0.3 is 0 Å². The maximum absolute atomic E-state index is 12.7. The minimum absolute atomic E-state index is 0.00272. The molecule has 1 amide bonds. The molecular formula is C21H26N6O2S2. The molecule has 164 valence electrons. The Morgan fingerprint density at radius 2 is 2.16 bits per heavy atom. The first-order valence-corrected chi connectivity index (χ1v) is 12.2. The van der Waals surface area contributed by atoms with Gasteiger partial charge < -0.3 is 15.2 Å². The van der Waals surface area contributed by atoms with Crippen LogP contribution >= 0.6 is 23.1 Å². The molecule has 8 nitrogen and oxygen atoms in total. The average molecular weight is 459 g/mol. The van der Waals surface area contributed by atoms with Gasteiger partial charge in [-0.2, -0.15) is 0 Å². The summed E-state index contributed by atoms with van der Waals surface area (Å²) >= 11 is 3.01. The van der Waals surface area contributed by atoms with E-state index in [1.165, 1.54) is 23.1 Å². The van der Waals surface area contributed by atoms with Crippen LogP contribution in [0, 0.1) is 13.8 Å². The molecule has 0 radical (unpaired) electrons. The van der Waals surface area contributed by atoms with Gasteiger partial charge in [0.15, 0.2) is 0 Å². The molecule has 3 aromatic rings. The second-order valence-corrected chi connectivity index (χ2v) is 10.3. The predicted molar refractivity (Wildman–Crippen MR) is 126 cm³/mol. The second-order valence-electron chi connectivity index (χ2n) is 7.77. The summed E-state index contributed by atoms with van der Waals surface area (Å²) in [7, 11) is 0. The Balaban J connectivity index is 1.34. The van der Waals surface area contributed by atoms with Crippen molar-refractivity contribution in [2.75, 3.05) is 18.0 Å². The number of H-pyrrole nitrogens is 1. The van der Waals surface area contributed by atoms with Crippen LogP contribution < -0.4 is 15.8 Å². The minimum Gasteiger partial charge on any atom is -0.351 e. The van der Waals surface area contributed by atoms with E-state index in [4.69, 9.17) is 0 Å². The first-order valence-electron chi connectivity index (χ1n) is 10.3. The summed E-state index contributed by atoms with van der Waals surface area (Å²) in [5.74, 6) is 1.78. The zero-order chi connectivity index (χ0) is 22.0. The standard InChI is InChI=1S/C21H26N6O2S2/c1-12-13(2)31-20-17(12)19(29)25-16(26-20)11-30-14(3)18(28)24-15-6-4-9-27(10-15)21-22-7-5-8-23-21/h5,7-8,14-15H,4,6,9-11H2,1-3H3,(H,24,28)(H,25,26,29). The highest BCUT2D eigenvalue weighted by Gasteiger charge is 2.25. The zero-order valence-electron chi connectivity index (χ0n) is 17.8.